The van der Waals surface area contributed by atoms with E-state index in [2.05, 4.69) is 21.0 Å². The van der Waals surface area contributed by atoms with Gasteiger partial charge in [-0.25, -0.2) is 4.79 Å². The Kier molecular flexibility index (Phi) is 5.59. The number of nitrogens with one attached hydrogen (secondary N) is 3. The molecular formula is C15H18ClN5O2. The van der Waals surface area contributed by atoms with Crippen LogP contribution in [0.1, 0.15) is 12.5 Å². The number of anilines is 1. The number of amides is 3. The van der Waals surface area contributed by atoms with E-state index in [1.165, 1.54) is 7.05 Å². The van der Waals surface area contributed by atoms with Crippen LogP contribution in [0.25, 0.3) is 0 Å². The molecule has 0 fully saturated rings. The number of aromatic nitrogens is 2. The summed E-state index contributed by atoms with van der Waals surface area (Å²) >= 11 is 5.85. The monoisotopic (exact) mass is 335 g/mol. The molecule has 0 aliphatic heterocycles. The van der Waals surface area contributed by atoms with Crippen LogP contribution in [0.5, 0.6) is 0 Å². The van der Waals surface area contributed by atoms with Gasteiger partial charge in [-0.1, -0.05) is 23.7 Å². The molecule has 1 aromatic heterocycles. The van der Waals surface area contributed by atoms with Gasteiger partial charge in [0.15, 0.2) is 0 Å². The van der Waals surface area contributed by atoms with Crippen molar-refractivity contribution in [2.24, 2.45) is 0 Å². The summed E-state index contributed by atoms with van der Waals surface area (Å²) in [5.41, 5.74) is 1.76. The van der Waals surface area contributed by atoms with Gasteiger partial charge >= 0.3 is 6.03 Å². The Bertz CT molecular complexity index is 683. The van der Waals surface area contributed by atoms with E-state index in [4.69, 9.17) is 11.6 Å². The van der Waals surface area contributed by atoms with Crippen LogP contribution in [0.3, 0.4) is 0 Å². The van der Waals surface area contributed by atoms with E-state index in [0.717, 1.165) is 5.56 Å². The third-order valence-corrected chi connectivity index (χ3v) is 3.38. The fraction of sp³-hybridized carbons (Fsp3) is 0.267. The molecule has 0 aliphatic rings. The van der Waals surface area contributed by atoms with Crippen LogP contribution in [0, 0.1) is 0 Å². The van der Waals surface area contributed by atoms with E-state index in [9.17, 15) is 9.59 Å². The van der Waals surface area contributed by atoms with Crippen molar-refractivity contribution < 1.29 is 9.59 Å². The number of rotatable bonds is 5. The molecule has 0 unspecified atom stereocenters. The number of nitrogens with zero attached hydrogens (tertiary/aromatic N) is 2. The second-order valence-corrected chi connectivity index (χ2v) is 5.42. The number of hydrogen-bond acceptors (Lipinski definition) is 4. The minimum absolute atomic E-state index is 0.421. The molecule has 1 heterocycles. The van der Waals surface area contributed by atoms with E-state index in [1.54, 1.807) is 24.0 Å². The van der Waals surface area contributed by atoms with Gasteiger partial charge in [-0.15, -0.1) is 0 Å². The van der Waals surface area contributed by atoms with Crippen molar-refractivity contribution >= 4 is 29.2 Å². The zero-order chi connectivity index (χ0) is 16.8. The van der Waals surface area contributed by atoms with Gasteiger partial charge in [0.1, 0.15) is 6.04 Å². The molecule has 0 radical (unpaired) electrons. The largest absolute Gasteiger partial charge is 0.371 e. The number of carbonyl (C=O) groups excluding carboxylic acids is 2. The summed E-state index contributed by atoms with van der Waals surface area (Å²) in [6.45, 7) is 2.26. The van der Waals surface area contributed by atoms with Gasteiger partial charge in [0.2, 0.25) is 5.91 Å². The molecule has 0 aliphatic carbocycles. The summed E-state index contributed by atoms with van der Waals surface area (Å²) in [5, 5.41) is 12.4. The Hall–Kier alpha value is -2.54. The molecular weight excluding hydrogens is 318 g/mol. The highest BCUT2D eigenvalue weighted by Gasteiger charge is 2.15. The number of halogens is 1. The van der Waals surface area contributed by atoms with Crippen LogP contribution in [0.4, 0.5) is 10.5 Å². The second-order valence-electron chi connectivity index (χ2n) is 4.99. The van der Waals surface area contributed by atoms with Crippen LogP contribution >= 0.6 is 11.6 Å². The summed E-state index contributed by atoms with van der Waals surface area (Å²) in [6.07, 6.45) is 3.41. The first-order chi connectivity index (χ1) is 11.0. The van der Waals surface area contributed by atoms with E-state index < -0.39 is 18.0 Å². The van der Waals surface area contributed by atoms with E-state index in [1.807, 2.05) is 24.3 Å². The molecule has 8 heteroatoms. The Labute approximate surface area is 139 Å². The van der Waals surface area contributed by atoms with Gasteiger partial charge < -0.3 is 10.6 Å². The van der Waals surface area contributed by atoms with Gasteiger partial charge in [-0.3, -0.25) is 14.8 Å². The summed E-state index contributed by atoms with van der Waals surface area (Å²) in [4.78, 5) is 22.9. The average Bonchev–Trinajstić information content (AvgIpc) is 2.96. The number of urea groups is 1. The predicted octanol–water partition coefficient (Wildman–Crippen LogP) is 1.84. The third kappa shape index (κ3) is 5.00. The normalized spacial score (nSPS) is 11.6. The topological polar surface area (TPSA) is 88.1 Å². The Morgan fingerprint density at radius 2 is 2.00 bits per heavy atom. The second kappa shape index (κ2) is 7.64. The number of hydrogen-bond donors (Lipinski definition) is 3. The maximum absolute atomic E-state index is 11.8. The summed E-state index contributed by atoms with van der Waals surface area (Å²) in [6, 6.07) is 6.39. The fourth-order valence-electron chi connectivity index (χ4n) is 1.90. The Morgan fingerprint density at radius 1 is 1.30 bits per heavy atom. The predicted molar refractivity (Wildman–Crippen MR) is 88.5 cm³/mol. The minimum atomic E-state index is -0.569. The maximum atomic E-state index is 11.8. The lowest BCUT2D eigenvalue weighted by atomic mass is 10.2. The molecule has 3 amide bonds. The van der Waals surface area contributed by atoms with E-state index in [0.29, 0.717) is 17.3 Å². The first-order valence-corrected chi connectivity index (χ1v) is 7.41. The van der Waals surface area contributed by atoms with Crippen LogP contribution < -0.4 is 16.0 Å². The van der Waals surface area contributed by atoms with Crippen LogP contribution in [-0.4, -0.2) is 34.8 Å². The van der Waals surface area contributed by atoms with Gasteiger partial charge in [0, 0.05) is 18.3 Å². The molecule has 2 rings (SSSR count). The maximum Gasteiger partial charge on any atom is 0.321 e. The molecule has 1 aromatic carbocycles. The highest BCUT2D eigenvalue weighted by Crippen LogP contribution is 2.12. The number of carbonyl (C=O) groups is 2. The zero-order valence-corrected chi connectivity index (χ0v) is 13.6. The first kappa shape index (κ1) is 16.8. The molecule has 0 saturated carbocycles. The zero-order valence-electron chi connectivity index (χ0n) is 12.8. The first-order valence-electron chi connectivity index (χ1n) is 7.04. The van der Waals surface area contributed by atoms with Crippen LogP contribution in [-0.2, 0) is 11.3 Å². The lowest BCUT2D eigenvalue weighted by Crippen LogP contribution is -2.44. The highest BCUT2D eigenvalue weighted by molar-refractivity contribution is 6.30. The van der Waals surface area contributed by atoms with Crippen molar-refractivity contribution in [3.8, 4) is 0 Å². The molecule has 7 nitrogen and oxygen atoms in total. The average molecular weight is 336 g/mol. The Morgan fingerprint density at radius 3 is 2.65 bits per heavy atom. The molecule has 0 spiro atoms. The van der Waals surface area contributed by atoms with E-state index >= 15 is 0 Å². The number of imide groups is 1. The molecule has 0 bridgehead atoms. The van der Waals surface area contributed by atoms with Crippen molar-refractivity contribution in [1.82, 2.24) is 20.4 Å². The van der Waals surface area contributed by atoms with Crippen molar-refractivity contribution in [3.05, 3.63) is 47.2 Å². The highest BCUT2D eigenvalue weighted by atomic mass is 35.5. The molecule has 2 aromatic rings. The van der Waals surface area contributed by atoms with Gasteiger partial charge in [0.25, 0.3) is 0 Å². The fourth-order valence-corrected chi connectivity index (χ4v) is 2.03. The van der Waals surface area contributed by atoms with Crippen molar-refractivity contribution in [1.29, 1.82) is 0 Å². The summed E-state index contributed by atoms with van der Waals surface area (Å²) < 4.78 is 1.74. The lowest BCUT2D eigenvalue weighted by Gasteiger charge is -2.12. The molecule has 1 atom stereocenters. The molecule has 122 valence electrons. The van der Waals surface area contributed by atoms with Gasteiger partial charge in [0.05, 0.1) is 18.4 Å². The van der Waals surface area contributed by atoms with Crippen molar-refractivity contribution in [2.45, 2.75) is 19.5 Å². The molecule has 0 saturated heterocycles. The van der Waals surface area contributed by atoms with Crippen LogP contribution in [0.15, 0.2) is 36.7 Å². The van der Waals surface area contributed by atoms with Gasteiger partial charge in [-0.2, -0.15) is 5.10 Å². The van der Waals surface area contributed by atoms with Crippen molar-refractivity contribution in [2.75, 3.05) is 12.4 Å². The van der Waals surface area contributed by atoms with Gasteiger partial charge in [-0.05, 0) is 24.6 Å². The SMILES string of the molecule is CNC(=O)NC(=O)[C@H](C)Nc1cnn(Cc2ccc(Cl)cc2)c1. The summed E-state index contributed by atoms with van der Waals surface area (Å²) in [7, 11) is 1.45. The Balaban J connectivity index is 1.92. The molecule has 23 heavy (non-hydrogen) atoms. The van der Waals surface area contributed by atoms with Crippen molar-refractivity contribution in [3.63, 3.8) is 0 Å². The smallest absolute Gasteiger partial charge is 0.321 e. The lowest BCUT2D eigenvalue weighted by molar-refractivity contribution is -0.120. The van der Waals surface area contributed by atoms with Crippen LogP contribution in [0.2, 0.25) is 5.02 Å². The summed E-state index contributed by atoms with van der Waals surface area (Å²) in [5.74, 6) is -0.421. The standard InChI is InChI=1S/C15H18ClN5O2/c1-10(14(22)20-15(23)17-2)19-13-7-18-21(9-13)8-11-3-5-12(16)6-4-11/h3-7,9-10,19H,8H2,1-2H3,(H2,17,20,22,23)/t10-/m0/s1. The van der Waals surface area contributed by atoms with E-state index in [-0.39, 0.29) is 0 Å². The molecule has 3 N–H and O–H groups in total. The quantitative estimate of drug-likeness (QED) is 0.778. The minimum Gasteiger partial charge on any atom is -0.371 e. The third-order valence-electron chi connectivity index (χ3n) is 3.13. The number of benzene rings is 1.